The lowest BCUT2D eigenvalue weighted by atomic mass is 10.1. The number of nitrogens with zero attached hydrogens (tertiary/aromatic N) is 3. The van der Waals surface area contributed by atoms with E-state index in [0.717, 1.165) is 10.3 Å². The maximum Gasteiger partial charge on any atom is 0.410 e. The summed E-state index contributed by atoms with van der Waals surface area (Å²) in [6.45, 7) is 6.95. The van der Waals surface area contributed by atoms with Crippen molar-refractivity contribution >= 4 is 28.2 Å². The number of aromatic nitrogens is 2. The average molecular weight is 462 g/mol. The first-order chi connectivity index (χ1) is 15.2. The molecule has 0 spiro atoms. The Bertz CT molecular complexity index is 1080. The first kappa shape index (κ1) is 22.6. The summed E-state index contributed by atoms with van der Waals surface area (Å²) in [5, 5.41) is 4.79. The molecule has 3 heterocycles. The molecule has 172 valence electrons. The van der Waals surface area contributed by atoms with Gasteiger partial charge in [-0.15, -0.1) is 0 Å². The fourth-order valence-electron chi connectivity index (χ4n) is 3.44. The molecule has 0 N–H and O–H groups in total. The first-order valence-corrected chi connectivity index (χ1v) is 12.0. The number of piperidine rings is 1. The highest BCUT2D eigenvalue weighted by Crippen LogP contribution is 2.29. The zero-order chi connectivity index (χ0) is 22.9. The topological polar surface area (TPSA) is 114 Å². The van der Waals surface area contributed by atoms with Gasteiger partial charge in [0, 0.05) is 24.5 Å². The molecule has 2 aromatic heterocycles. The number of benzene rings is 1. The van der Waals surface area contributed by atoms with Crippen molar-refractivity contribution in [2.45, 2.75) is 56.8 Å². The van der Waals surface area contributed by atoms with E-state index in [1.54, 1.807) is 29.4 Å². The molecular weight excluding hydrogens is 434 g/mol. The summed E-state index contributed by atoms with van der Waals surface area (Å²) in [5.74, 6) is 1.13. The van der Waals surface area contributed by atoms with Gasteiger partial charge in [0.05, 0.1) is 6.10 Å². The van der Waals surface area contributed by atoms with Gasteiger partial charge in [-0.2, -0.15) is 4.98 Å². The van der Waals surface area contributed by atoms with Crippen LogP contribution in [0.5, 0.6) is 0 Å². The molecule has 10 heteroatoms. The lowest BCUT2D eigenvalue weighted by Crippen LogP contribution is -2.43. The normalized spacial score (nSPS) is 16.5. The Morgan fingerprint density at radius 1 is 1.28 bits per heavy atom. The molecule has 0 saturated carbocycles. The van der Waals surface area contributed by atoms with E-state index in [2.05, 4.69) is 10.1 Å². The molecule has 1 aliphatic rings. The number of hydrogen-bond donors (Lipinski definition) is 0. The summed E-state index contributed by atoms with van der Waals surface area (Å²) in [5.41, 5.74) is 0.152. The van der Waals surface area contributed by atoms with Gasteiger partial charge in [-0.3, -0.25) is 0 Å². The summed E-state index contributed by atoms with van der Waals surface area (Å²) in [6, 6.07) is 7.16. The van der Waals surface area contributed by atoms with Crippen molar-refractivity contribution in [1.82, 2.24) is 15.0 Å². The fourth-order valence-corrected chi connectivity index (χ4v) is 3.99. The van der Waals surface area contributed by atoms with Gasteiger partial charge in [0.2, 0.25) is 0 Å². The molecule has 1 unspecified atom stereocenters. The van der Waals surface area contributed by atoms with Crippen LogP contribution in [0.4, 0.5) is 4.79 Å². The number of rotatable bonds is 5. The number of amides is 1. The average Bonchev–Trinajstić information content (AvgIpc) is 3.37. The Morgan fingerprint density at radius 3 is 2.72 bits per heavy atom. The van der Waals surface area contributed by atoms with Crippen molar-refractivity contribution in [3.8, 4) is 11.7 Å². The van der Waals surface area contributed by atoms with Crippen LogP contribution in [0.25, 0.3) is 22.6 Å². The van der Waals surface area contributed by atoms with E-state index in [-0.39, 0.29) is 24.7 Å². The van der Waals surface area contributed by atoms with E-state index >= 15 is 0 Å². The third-order valence-electron chi connectivity index (χ3n) is 5.04. The van der Waals surface area contributed by atoms with Crippen LogP contribution in [0.1, 0.15) is 39.4 Å². The Morgan fingerprint density at radius 2 is 2.03 bits per heavy atom. The zero-order valence-corrected chi connectivity index (χ0v) is 19.4. The summed E-state index contributed by atoms with van der Waals surface area (Å²) in [6.07, 6.45) is 2.79. The lowest BCUT2D eigenvalue weighted by Gasteiger charge is -2.33. The maximum absolute atomic E-state index is 12.2. The van der Waals surface area contributed by atoms with Crippen molar-refractivity contribution in [2.75, 3.05) is 19.3 Å². The zero-order valence-electron chi connectivity index (χ0n) is 18.6. The second-order valence-electron chi connectivity index (χ2n) is 8.76. The monoisotopic (exact) mass is 461 g/mol. The molecule has 4 rings (SSSR count). The highest BCUT2D eigenvalue weighted by Gasteiger charge is 2.27. The predicted molar refractivity (Wildman–Crippen MR) is 117 cm³/mol. The molecule has 0 aliphatic carbocycles. The van der Waals surface area contributed by atoms with Crippen LogP contribution >= 0.6 is 0 Å². The van der Waals surface area contributed by atoms with Gasteiger partial charge in [-0.1, -0.05) is 5.16 Å². The van der Waals surface area contributed by atoms with Gasteiger partial charge in [-0.25, -0.2) is 4.79 Å². The number of hydrogen-bond acceptors (Lipinski definition) is 8. The lowest BCUT2D eigenvalue weighted by molar-refractivity contribution is -0.0190. The number of carbonyl (C=O) groups excluding carboxylic acids is 1. The van der Waals surface area contributed by atoms with Gasteiger partial charge in [0.1, 0.15) is 24.0 Å². The molecule has 1 aromatic carbocycles. The molecule has 0 bridgehead atoms. The molecule has 1 amide bonds. The maximum atomic E-state index is 12.2. The van der Waals surface area contributed by atoms with Crippen molar-refractivity contribution in [1.29, 1.82) is 0 Å². The van der Waals surface area contributed by atoms with Gasteiger partial charge < -0.3 is 27.9 Å². The van der Waals surface area contributed by atoms with Crippen LogP contribution in [0.15, 0.2) is 38.1 Å². The van der Waals surface area contributed by atoms with Crippen LogP contribution in [-0.4, -0.2) is 56.7 Å². The minimum atomic E-state index is -1.07. The Kier molecular flexibility index (Phi) is 6.45. The molecule has 0 radical (unpaired) electrons. The standard InChI is InChI=1S/C22H27N3O6S/c1-22(2,3)30-21(26)25-9-7-15(8-10-25)28-13-19-23-20(31-24-19)18-12-14-11-16(32(4)27)5-6-17(14)29-18/h5-6,11-12,15H,7-10,13H2,1-4H3. The number of likely N-dealkylation sites (tertiary alicyclic amines) is 1. The van der Waals surface area contributed by atoms with Crippen LogP contribution in [-0.2, 0) is 27.3 Å². The second kappa shape index (κ2) is 9.13. The van der Waals surface area contributed by atoms with Crippen molar-refractivity contribution in [3.05, 3.63) is 30.1 Å². The van der Waals surface area contributed by atoms with E-state index in [1.165, 1.54) is 0 Å². The smallest absolute Gasteiger partial charge is 0.410 e. The molecular formula is C22H27N3O6S. The Hall–Kier alpha value is -2.56. The van der Waals surface area contributed by atoms with Gasteiger partial charge in [-0.05, 0) is 63.0 Å². The third kappa shape index (κ3) is 5.43. The number of ether oxygens (including phenoxy) is 2. The molecule has 9 nitrogen and oxygen atoms in total. The largest absolute Gasteiger partial charge is 0.612 e. The summed E-state index contributed by atoms with van der Waals surface area (Å²) < 4.78 is 34.1. The minimum absolute atomic E-state index is 0.00942. The summed E-state index contributed by atoms with van der Waals surface area (Å²) in [7, 11) is 0. The summed E-state index contributed by atoms with van der Waals surface area (Å²) in [4.78, 5) is 19.0. The SMILES string of the molecule is C[S+]([O-])c1ccc2oc(-c3nc(COC4CCN(C(=O)OC(C)(C)C)CC4)no3)cc2c1. The Labute approximate surface area is 189 Å². The molecule has 3 aromatic rings. The van der Waals surface area contributed by atoms with E-state index < -0.39 is 16.8 Å². The van der Waals surface area contributed by atoms with Crippen LogP contribution in [0.3, 0.4) is 0 Å². The van der Waals surface area contributed by atoms with Gasteiger partial charge >= 0.3 is 6.09 Å². The van der Waals surface area contributed by atoms with E-state index in [1.807, 2.05) is 26.8 Å². The predicted octanol–water partition coefficient (Wildman–Crippen LogP) is 4.14. The first-order valence-electron chi connectivity index (χ1n) is 10.5. The molecule has 32 heavy (non-hydrogen) atoms. The van der Waals surface area contributed by atoms with Crippen molar-refractivity contribution in [3.63, 3.8) is 0 Å². The number of carbonyl (C=O) groups is 1. The van der Waals surface area contributed by atoms with Crippen LogP contribution in [0, 0.1) is 0 Å². The molecule has 1 aliphatic heterocycles. The van der Waals surface area contributed by atoms with Crippen molar-refractivity contribution < 1.29 is 27.8 Å². The van der Waals surface area contributed by atoms with Gasteiger partial charge in [0.15, 0.2) is 16.5 Å². The molecule has 1 atom stereocenters. The second-order valence-corrected chi connectivity index (χ2v) is 10.1. The molecule has 1 fully saturated rings. The van der Waals surface area contributed by atoms with Gasteiger partial charge in [0.25, 0.3) is 5.89 Å². The van der Waals surface area contributed by atoms with Crippen LogP contribution < -0.4 is 0 Å². The summed E-state index contributed by atoms with van der Waals surface area (Å²) >= 11 is -1.07. The van der Waals surface area contributed by atoms with E-state index in [4.69, 9.17) is 18.4 Å². The van der Waals surface area contributed by atoms with E-state index in [0.29, 0.717) is 43.1 Å². The van der Waals surface area contributed by atoms with Crippen LogP contribution in [0.2, 0.25) is 0 Å². The molecule has 1 saturated heterocycles. The third-order valence-corrected chi connectivity index (χ3v) is 5.96. The quantitative estimate of drug-likeness (QED) is 0.521. The van der Waals surface area contributed by atoms with E-state index in [9.17, 15) is 9.35 Å². The minimum Gasteiger partial charge on any atom is -0.612 e. The highest BCUT2D eigenvalue weighted by atomic mass is 32.2. The number of fused-ring (bicyclic) bond motifs is 1. The highest BCUT2D eigenvalue weighted by molar-refractivity contribution is 7.90. The fraction of sp³-hybridized carbons (Fsp3) is 0.500. The number of furan rings is 1. The van der Waals surface area contributed by atoms with Crippen molar-refractivity contribution in [2.24, 2.45) is 0 Å². The Balaban J connectivity index is 1.31.